The van der Waals surface area contributed by atoms with E-state index in [1.54, 1.807) is 18.2 Å². The average Bonchev–Trinajstić information content (AvgIpc) is 2.49. The van der Waals surface area contributed by atoms with Crippen molar-refractivity contribution in [3.8, 4) is 0 Å². The highest BCUT2D eigenvalue weighted by atomic mass is 35.5. The lowest BCUT2D eigenvalue weighted by Crippen LogP contribution is -2.21. The molecule has 3 N–H and O–H groups in total. The van der Waals surface area contributed by atoms with Crippen LogP contribution in [0.3, 0.4) is 0 Å². The lowest BCUT2D eigenvalue weighted by Gasteiger charge is -2.10. The second kappa shape index (κ2) is 7.06. The van der Waals surface area contributed by atoms with Crippen LogP contribution in [0.1, 0.15) is 5.56 Å². The van der Waals surface area contributed by atoms with Crippen LogP contribution in [0.25, 0.3) is 0 Å². The smallest absolute Gasteiger partial charge is 0.243 e. The molecule has 0 fully saturated rings. The molecule has 21 heavy (non-hydrogen) atoms. The third-order valence-electron chi connectivity index (χ3n) is 2.78. The summed E-state index contributed by atoms with van der Waals surface area (Å²) < 4.78 is 12.7. The number of carbonyl (C=O) groups excluding carboxylic acids is 1. The predicted molar refractivity (Wildman–Crippen MR) is 80.9 cm³/mol. The van der Waals surface area contributed by atoms with Gasteiger partial charge in [0.1, 0.15) is 5.82 Å². The Bertz CT molecular complexity index is 632. The molecule has 1 amide bonds. The lowest BCUT2D eigenvalue weighted by molar-refractivity contribution is -0.114. The van der Waals surface area contributed by atoms with E-state index in [9.17, 15) is 9.18 Å². The van der Waals surface area contributed by atoms with Gasteiger partial charge in [-0.25, -0.2) is 4.39 Å². The SMILES string of the molecule is O=C(CNc1cc(CO)ccc1Cl)Nc1ccc(F)cc1. The van der Waals surface area contributed by atoms with Gasteiger partial charge in [0, 0.05) is 5.69 Å². The minimum absolute atomic E-state index is 0.00593. The molecule has 2 aromatic carbocycles. The zero-order valence-corrected chi connectivity index (χ0v) is 11.8. The van der Waals surface area contributed by atoms with Crippen molar-refractivity contribution in [2.45, 2.75) is 6.61 Å². The Morgan fingerprint density at radius 1 is 1.19 bits per heavy atom. The summed E-state index contributed by atoms with van der Waals surface area (Å²) in [5, 5.41) is 15.0. The van der Waals surface area contributed by atoms with Crippen molar-refractivity contribution in [2.75, 3.05) is 17.2 Å². The molecule has 0 saturated carbocycles. The maximum absolute atomic E-state index is 12.7. The normalized spacial score (nSPS) is 10.2. The quantitative estimate of drug-likeness (QED) is 0.795. The van der Waals surface area contributed by atoms with Gasteiger partial charge in [0.25, 0.3) is 0 Å². The fraction of sp³-hybridized carbons (Fsp3) is 0.133. The van der Waals surface area contributed by atoms with Gasteiger partial charge in [-0.05, 0) is 42.0 Å². The molecule has 0 unspecified atom stereocenters. The number of nitrogens with one attached hydrogen (secondary N) is 2. The second-order valence-corrected chi connectivity index (χ2v) is 4.79. The fourth-order valence-corrected chi connectivity index (χ4v) is 1.90. The Morgan fingerprint density at radius 3 is 2.57 bits per heavy atom. The monoisotopic (exact) mass is 308 g/mol. The zero-order chi connectivity index (χ0) is 15.2. The van der Waals surface area contributed by atoms with Gasteiger partial charge in [0.15, 0.2) is 0 Å². The largest absolute Gasteiger partial charge is 0.392 e. The van der Waals surface area contributed by atoms with Gasteiger partial charge in [-0.1, -0.05) is 17.7 Å². The van der Waals surface area contributed by atoms with Crippen LogP contribution in [0.15, 0.2) is 42.5 Å². The molecule has 110 valence electrons. The van der Waals surface area contributed by atoms with E-state index >= 15 is 0 Å². The van der Waals surface area contributed by atoms with E-state index in [1.807, 2.05) is 0 Å². The summed E-state index contributed by atoms with van der Waals surface area (Å²) in [6.07, 6.45) is 0. The number of benzene rings is 2. The first kappa shape index (κ1) is 15.3. The highest BCUT2D eigenvalue weighted by Gasteiger charge is 2.06. The summed E-state index contributed by atoms with van der Waals surface area (Å²) in [7, 11) is 0. The number of halogens is 2. The summed E-state index contributed by atoms with van der Waals surface area (Å²) in [5.41, 5.74) is 1.77. The summed E-state index contributed by atoms with van der Waals surface area (Å²) >= 11 is 6.00. The topological polar surface area (TPSA) is 61.4 Å². The first-order valence-electron chi connectivity index (χ1n) is 6.27. The number of anilines is 2. The van der Waals surface area contributed by atoms with Gasteiger partial charge < -0.3 is 15.7 Å². The molecule has 6 heteroatoms. The lowest BCUT2D eigenvalue weighted by atomic mass is 10.2. The highest BCUT2D eigenvalue weighted by Crippen LogP contribution is 2.22. The van der Waals surface area contributed by atoms with Crippen molar-refractivity contribution in [2.24, 2.45) is 0 Å². The summed E-state index contributed by atoms with van der Waals surface area (Å²) in [4.78, 5) is 11.8. The van der Waals surface area contributed by atoms with E-state index < -0.39 is 0 Å². The standard InChI is InChI=1S/C15H14ClFN2O2/c16-13-6-1-10(9-20)7-14(13)18-8-15(21)19-12-4-2-11(17)3-5-12/h1-7,18,20H,8-9H2,(H,19,21). The Hall–Kier alpha value is -2.11. The van der Waals surface area contributed by atoms with Crippen molar-refractivity contribution >= 4 is 28.9 Å². The van der Waals surface area contributed by atoms with Gasteiger partial charge >= 0.3 is 0 Å². The van der Waals surface area contributed by atoms with Crippen LogP contribution < -0.4 is 10.6 Å². The first-order valence-corrected chi connectivity index (χ1v) is 6.65. The van der Waals surface area contributed by atoms with Crippen LogP contribution in [0, 0.1) is 5.82 Å². The molecule has 0 atom stereocenters. The van der Waals surface area contributed by atoms with Crippen molar-refractivity contribution in [1.82, 2.24) is 0 Å². The van der Waals surface area contributed by atoms with E-state index in [1.165, 1.54) is 24.3 Å². The van der Waals surface area contributed by atoms with Gasteiger partial charge in [-0.15, -0.1) is 0 Å². The molecule has 0 aliphatic heterocycles. The summed E-state index contributed by atoms with van der Waals surface area (Å²) in [6.45, 7) is -0.0976. The minimum atomic E-state index is -0.362. The number of carbonyl (C=O) groups is 1. The number of aliphatic hydroxyl groups is 1. The molecule has 0 spiro atoms. The van der Waals surface area contributed by atoms with Crippen molar-refractivity contribution in [1.29, 1.82) is 0 Å². The Labute approximate surface area is 126 Å². The molecule has 0 bridgehead atoms. The van der Waals surface area contributed by atoms with E-state index in [0.717, 1.165) is 0 Å². The predicted octanol–water partition coefficient (Wildman–Crippen LogP) is 3.02. The van der Waals surface area contributed by atoms with Crippen LogP contribution in [-0.4, -0.2) is 17.6 Å². The van der Waals surface area contributed by atoms with Crippen LogP contribution in [0.4, 0.5) is 15.8 Å². The van der Waals surface area contributed by atoms with E-state index in [2.05, 4.69) is 10.6 Å². The number of amides is 1. The molecule has 2 rings (SSSR count). The van der Waals surface area contributed by atoms with Gasteiger partial charge in [0.2, 0.25) is 5.91 Å². The average molecular weight is 309 g/mol. The third kappa shape index (κ3) is 4.44. The van der Waals surface area contributed by atoms with Gasteiger partial charge in [-0.2, -0.15) is 0 Å². The van der Waals surface area contributed by atoms with Crippen LogP contribution in [0.2, 0.25) is 5.02 Å². The molecule has 0 aliphatic carbocycles. The maximum Gasteiger partial charge on any atom is 0.243 e. The molecule has 0 aromatic heterocycles. The van der Waals surface area contributed by atoms with Crippen LogP contribution in [-0.2, 0) is 11.4 Å². The molecule has 0 heterocycles. The van der Waals surface area contributed by atoms with Crippen LogP contribution >= 0.6 is 11.6 Å². The van der Waals surface area contributed by atoms with E-state index in [0.29, 0.717) is 22.0 Å². The number of aliphatic hydroxyl groups excluding tert-OH is 1. The summed E-state index contributed by atoms with van der Waals surface area (Å²) in [5.74, 6) is -0.647. The molecular formula is C15H14ClFN2O2. The van der Waals surface area contributed by atoms with Gasteiger partial charge in [-0.3, -0.25) is 4.79 Å². The maximum atomic E-state index is 12.7. The molecular weight excluding hydrogens is 295 g/mol. The fourth-order valence-electron chi connectivity index (χ4n) is 1.72. The highest BCUT2D eigenvalue weighted by molar-refractivity contribution is 6.33. The molecule has 4 nitrogen and oxygen atoms in total. The Kier molecular flexibility index (Phi) is 5.14. The third-order valence-corrected chi connectivity index (χ3v) is 3.11. The minimum Gasteiger partial charge on any atom is -0.392 e. The van der Waals surface area contributed by atoms with E-state index in [-0.39, 0.29) is 24.9 Å². The summed E-state index contributed by atoms with van der Waals surface area (Å²) in [6, 6.07) is 10.5. The first-order chi connectivity index (χ1) is 10.1. The van der Waals surface area contributed by atoms with Crippen molar-refractivity contribution < 1.29 is 14.3 Å². The number of hydrogen-bond acceptors (Lipinski definition) is 3. The molecule has 0 radical (unpaired) electrons. The van der Waals surface area contributed by atoms with Crippen LogP contribution in [0.5, 0.6) is 0 Å². The number of rotatable bonds is 5. The number of hydrogen-bond donors (Lipinski definition) is 3. The Morgan fingerprint density at radius 2 is 1.90 bits per heavy atom. The van der Waals surface area contributed by atoms with E-state index in [4.69, 9.17) is 16.7 Å². The Balaban J connectivity index is 1.93. The molecule has 2 aromatic rings. The molecule has 0 aliphatic rings. The van der Waals surface area contributed by atoms with Crippen molar-refractivity contribution in [3.05, 3.63) is 58.9 Å². The van der Waals surface area contributed by atoms with Gasteiger partial charge in [0.05, 0.1) is 23.9 Å². The zero-order valence-electron chi connectivity index (χ0n) is 11.1. The van der Waals surface area contributed by atoms with Crippen molar-refractivity contribution in [3.63, 3.8) is 0 Å². The molecule has 0 saturated heterocycles. The second-order valence-electron chi connectivity index (χ2n) is 4.38.